The minimum Gasteiger partial charge on any atom is -0.460 e. The maximum absolute atomic E-state index is 12.8. The number of carbonyl (C=O) groups is 1. The van der Waals surface area contributed by atoms with Crippen molar-refractivity contribution in [1.29, 1.82) is 0 Å². The Labute approximate surface area is 136 Å². The SMILES string of the molecule is C=C(C)[C@H]1CCC(=C)[C@H]2c3c(occ(C)c3=O)C(=O)C(C)=C[C@H]12. The van der Waals surface area contributed by atoms with E-state index in [0.717, 1.165) is 24.0 Å². The molecular formula is C20H22O3. The first kappa shape index (κ1) is 15.7. The molecule has 0 amide bonds. The lowest BCUT2D eigenvalue weighted by Crippen LogP contribution is -2.31. The summed E-state index contributed by atoms with van der Waals surface area (Å²) in [4.78, 5) is 25.5. The fourth-order valence-corrected chi connectivity index (χ4v) is 3.96. The normalized spacial score (nSPS) is 26.9. The third-order valence-corrected chi connectivity index (χ3v) is 5.22. The highest BCUT2D eigenvalue weighted by Gasteiger charge is 2.41. The van der Waals surface area contributed by atoms with Crippen molar-refractivity contribution in [3.63, 3.8) is 0 Å². The lowest BCUT2D eigenvalue weighted by atomic mass is 9.65. The van der Waals surface area contributed by atoms with Crippen LogP contribution in [-0.2, 0) is 0 Å². The number of hydrogen-bond acceptors (Lipinski definition) is 3. The molecular weight excluding hydrogens is 288 g/mol. The molecule has 2 aliphatic rings. The average Bonchev–Trinajstić information content (AvgIpc) is 2.60. The van der Waals surface area contributed by atoms with Crippen molar-refractivity contribution in [2.24, 2.45) is 11.8 Å². The van der Waals surface area contributed by atoms with Crippen LogP contribution in [0.5, 0.6) is 0 Å². The Morgan fingerprint density at radius 2 is 2.00 bits per heavy atom. The predicted octanol–water partition coefficient (Wildman–Crippen LogP) is 4.33. The standard InChI is InChI=1S/C20H22O3/c1-10(2)14-7-6-11(3)16-15(14)8-12(4)19(22)20-17(16)18(21)13(5)9-23-20/h8-9,14-16H,1,3,6-7H2,2,4-5H3/t14-,15-,16-/m1/s1. The lowest BCUT2D eigenvalue weighted by molar-refractivity contribution is 0.100. The largest absolute Gasteiger partial charge is 0.460 e. The van der Waals surface area contributed by atoms with E-state index < -0.39 is 0 Å². The van der Waals surface area contributed by atoms with Crippen molar-refractivity contribution in [1.82, 2.24) is 0 Å². The van der Waals surface area contributed by atoms with Crippen LogP contribution in [0.3, 0.4) is 0 Å². The van der Waals surface area contributed by atoms with Crippen LogP contribution in [0, 0.1) is 18.8 Å². The highest BCUT2D eigenvalue weighted by molar-refractivity contribution is 6.07. The maximum Gasteiger partial charge on any atom is 0.224 e. The molecule has 3 heteroatoms. The van der Waals surface area contributed by atoms with Crippen molar-refractivity contribution >= 4 is 5.78 Å². The van der Waals surface area contributed by atoms with E-state index in [2.05, 4.69) is 13.2 Å². The maximum atomic E-state index is 12.8. The molecule has 1 fully saturated rings. The molecule has 0 bridgehead atoms. The summed E-state index contributed by atoms with van der Waals surface area (Å²) < 4.78 is 5.56. The summed E-state index contributed by atoms with van der Waals surface area (Å²) in [6.45, 7) is 13.9. The zero-order valence-corrected chi connectivity index (χ0v) is 13.9. The fourth-order valence-electron chi connectivity index (χ4n) is 3.96. The molecule has 23 heavy (non-hydrogen) atoms. The van der Waals surface area contributed by atoms with Crippen LogP contribution < -0.4 is 5.43 Å². The fraction of sp³-hybridized carbons (Fsp3) is 0.400. The Morgan fingerprint density at radius 3 is 2.65 bits per heavy atom. The van der Waals surface area contributed by atoms with E-state index in [1.165, 1.54) is 6.26 Å². The van der Waals surface area contributed by atoms with Gasteiger partial charge in [-0.1, -0.05) is 30.4 Å². The molecule has 1 aromatic heterocycles. The molecule has 3 rings (SSSR count). The van der Waals surface area contributed by atoms with Gasteiger partial charge in [0.2, 0.25) is 5.78 Å². The Bertz CT molecular complexity index is 807. The van der Waals surface area contributed by atoms with E-state index >= 15 is 0 Å². The molecule has 0 aliphatic heterocycles. The van der Waals surface area contributed by atoms with E-state index in [-0.39, 0.29) is 34.7 Å². The van der Waals surface area contributed by atoms with Crippen LogP contribution in [-0.4, -0.2) is 5.78 Å². The molecule has 0 N–H and O–H groups in total. The number of ketones is 1. The van der Waals surface area contributed by atoms with E-state index in [1.807, 2.05) is 13.0 Å². The van der Waals surface area contributed by atoms with Gasteiger partial charge in [-0.3, -0.25) is 9.59 Å². The molecule has 1 saturated carbocycles. The Morgan fingerprint density at radius 1 is 1.30 bits per heavy atom. The second-order valence-corrected chi connectivity index (χ2v) is 6.87. The van der Waals surface area contributed by atoms with Crippen LogP contribution in [0.15, 0.2) is 51.4 Å². The van der Waals surface area contributed by atoms with E-state index in [1.54, 1.807) is 13.8 Å². The second-order valence-electron chi connectivity index (χ2n) is 6.87. The number of allylic oxidation sites excluding steroid dienone is 4. The minimum atomic E-state index is -0.195. The molecule has 0 aromatic carbocycles. The lowest BCUT2D eigenvalue weighted by Gasteiger charge is -2.38. The van der Waals surface area contributed by atoms with Gasteiger partial charge in [-0.25, -0.2) is 0 Å². The highest BCUT2D eigenvalue weighted by Crippen LogP contribution is 2.48. The van der Waals surface area contributed by atoms with E-state index in [4.69, 9.17) is 4.42 Å². The molecule has 2 aliphatic carbocycles. The number of aryl methyl sites for hydroxylation is 1. The summed E-state index contributed by atoms with van der Waals surface area (Å²) >= 11 is 0. The van der Waals surface area contributed by atoms with Gasteiger partial charge in [0.15, 0.2) is 11.2 Å². The third-order valence-electron chi connectivity index (χ3n) is 5.22. The van der Waals surface area contributed by atoms with E-state index in [0.29, 0.717) is 16.7 Å². The molecule has 0 spiro atoms. The number of Topliss-reactive ketones (excluding diaryl/α,β-unsaturated/α-hetero) is 1. The van der Waals surface area contributed by atoms with Gasteiger partial charge < -0.3 is 4.42 Å². The summed E-state index contributed by atoms with van der Waals surface area (Å²) in [7, 11) is 0. The zero-order valence-electron chi connectivity index (χ0n) is 13.9. The van der Waals surface area contributed by atoms with Crippen molar-refractivity contribution in [3.8, 4) is 0 Å². The van der Waals surface area contributed by atoms with Crippen molar-refractivity contribution in [2.45, 2.75) is 39.5 Å². The number of hydrogen-bond donors (Lipinski definition) is 0. The molecule has 3 atom stereocenters. The summed E-state index contributed by atoms with van der Waals surface area (Å²) in [5.41, 5.74) is 3.65. The first-order chi connectivity index (χ1) is 10.8. The molecule has 0 saturated heterocycles. The first-order valence-electron chi connectivity index (χ1n) is 8.01. The van der Waals surface area contributed by atoms with Crippen LogP contribution in [0.4, 0.5) is 0 Å². The zero-order chi connectivity index (χ0) is 16.9. The highest BCUT2D eigenvalue weighted by atomic mass is 16.3. The summed E-state index contributed by atoms with van der Waals surface area (Å²) in [6.07, 6.45) is 5.18. The molecule has 120 valence electrons. The first-order valence-corrected chi connectivity index (χ1v) is 8.01. The van der Waals surface area contributed by atoms with E-state index in [9.17, 15) is 9.59 Å². The topological polar surface area (TPSA) is 47.3 Å². The summed E-state index contributed by atoms with van der Waals surface area (Å²) in [6, 6.07) is 0. The predicted molar refractivity (Wildman–Crippen MR) is 90.7 cm³/mol. The van der Waals surface area contributed by atoms with Gasteiger partial charge in [0.1, 0.15) is 0 Å². The molecule has 0 radical (unpaired) electrons. The molecule has 1 aromatic rings. The van der Waals surface area contributed by atoms with Crippen LogP contribution in [0.25, 0.3) is 0 Å². The van der Waals surface area contributed by atoms with Gasteiger partial charge in [-0.15, -0.1) is 0 Å². The molecule has 1 heterocycles. The smallest absolute Gasteiger partial charge is 0.224 e. The third kappa shape index (κ3) is 2.35. The van der Waals surface area contributed by atoms with Gasteiger partial charge in [-0.05, 0) is 51.0 Å². The van der Waals surface area contributed by atoms with Gasteiger partial charge in [-0.2, -0.15) is 0 Å². The van der Waals surface area contributed by atoms with Crippen molar-refractivity contribution in [3.05, 3.63) is 69.3 Å². The monoisotopic (exact) mass is 310 g/mol. The van der Waals surface area contributed by atoms with Crippen LogP contribution in [0.1, 0.15) is 54.3 Å². The van der Waals surface area contributed by atoms with Crippen LogP contribution in [0.2, 0.25) is 0 Å². The average molecular weight is 310 g/mol. The van der Waals surface area contributed by atoms with Crippen molar-refractivity contribution in [2.75, 3.05) is 0 Å². The number of fused-ring (bicyclic) bond motifs is 3. The summed E-state index contributed by atoms with van der Waals surface area (Å²) in [5, 5.41) is 0. The van der Waals surface area contributed by atoms with Gasteiger partial charge in [0.25, 0.3) is 0 Å². The van der Waals surface area contributed by atoms with Crippen LogP contribution >= 0.6 is 0 Å². The quantitative estimate of drug-likeness (QED) is 0.725. The van der Waals surface area contributed by atoms with Crippen molar-refractivity contribution < 1.29 is 9.21 Å². The van der Waals surface area contributed by atoms with Gasteiger partial charge in [0.05, 0.1) is 11.8 Å². The number of carbonyl (C=O) groups excluding carboxylic acids is 1. The molecule has 3 nitrogen and oxygen atoms in total. The van der Waals surface area contributed by atoms with Gasteiger partial charge in [0, 0.05) is 11.5 Å². The number of rotatable bonds is 1. The van der Waals surface area contributed by atoms with Gasteiger partial charge >= 0.3 is 0 Å². The Balaban J connectivity index is 2.33. The second kappa shape index (κ2) is 5.48. The minimum absolute atomic E-state index is 0.0450. The summed E-state index contributed by atoms with van der Waals surface area (Å²) in [5.74, 6) is 0.117. The Hall–Kier alpha value is -2.16. The Kier molecular flexibility index (Phi) is 3.75. The molecule has 0 unspecified atom stereocenters.